The minimum absolute atomic E-state index is 0.241. The van der Waals surface area contributed by atoms with E-state index in [0.29, 0.717) is 12.5 Å². The van der Waals surface area contributed by atoms with Crippen LogP contribution in [0, 0.1) is 5.92 Å². The molecule has 0 aliphatic rings. The molecule has 0 aliphatic heterocycles. The standard InChI is InChI=1S/C11H19N3O2/c1-3-5-6-9(4-2)8-16-11(15)10-7-12-14-13-10/h7,9H,3-6,8H2,1-2H3,(H,12,13,14)/t9-/m1/s1. The molecule has 0 fully saturated rings. The van der Waals surface area contributed by atoms with Gasteiger partial charge < -0.3 is 4.74 Å². The van der Waals surface area contributed by atoms with Gasteiger partial charge in [0.05, 0.1) is 12.8 Å². The maximum absolute atomic E-state index is 11.5. The van der Waals surface area contributed by atoms with Crippen molar-refractivity contribution in [1.82, 2.24) is 15.4 Å². The summed E-state index contributed by atoms with van der Waals surface area (Å²) in [6.07, 6.45) is 5.87. The molecule has 90 valence electrons. The summed E-state index contributed by atoms with van der Waals surface area (Å²) in [7, 11) is 0. The van der Waals surface area contributed by atoms with Crippen LogP contribution in [0.3, 0.4) is 0 Å². The van der Waals surface area contributed by atoms with Crippen molar-refractivity contribution in [1.29, 1.82) is 0 Å². The Balaban J connectivity index is 2.29. The predicted octanol–water partition coefficient (Wildman–Crippen LogP) is 2.18. The van der Waals surface area contributed by atoms with Crippen molar-refractivity contribution < 1.29 is 9.53 Å². The van der Waals surface area contributed by atoms with E-state index >= 15 is 0 Å². The molecule has 0 saturated heterocycles. The van der Waals surface area contributed by atoms with E-state index in [1.54, 1.807) is 0 Å². The molecule has 1 heterocycles. The number of unbranched alkanes of at least 4 members (excludes halogenated alkanes) is 1. The molecule has 0 aromatic carbocycles. The van der Waals surface area contributed by atoms with Crippen molar-refractivity contribution in [2.24, 2.45) is 5.92 Å². The van der Waals surface area contributed by atoms with E-state index < -0.39 is 5.97 Å². The van der Waals surface area contributed by atoms with E-state index in [0.717, 1.165) is 12.8 Å². The quantitative estimate of drug-likeness (QED) is 0.722. The van der Waals surface area contributed by atoms with E-state index in [2.05, 4.69) is 29.3 Å². The SMILES string of the molecule is CCCC[C@@H](CC)COC(=O)c1cn[nH]n1. The molecule has 1 rings (SSSR count). The lowest BCUT2D eigenvalue weighted by atomic mass is 10.0. The summed E-state index contributed by atoms with van der Waals surface area (Å²) in [5.74, 6) is 0.0551. The maximum Gasteiger partial charge on any atom is 0.360 e. The Labute approximate surface area is 95.6 Å². The number of nitrogens with zero attached hydrogens (tertiary/aromatic N) is 2. The molecular formula is C11H19N3O2. The Morgan fingerprint density at radius 2 is 2.38 bits per heavy atom. The molecule has 0 aliphatic carbocycles. The molecular weight excluding hydrogens is 206 g/mol. The first-order chi connectivity index (χ1) is 7.77. The fraction of sp³-hybridized carbons (Fsp3) is 0.727. The average molecular weight is 225 g/mol. The van der Waals surface area contributed by atoms with E-state index in [-0.39, 0.29) is 5.69 Å². The van der Waals surface area contributed by atoms with Crippen LogP contribution in [-0.2, 0) is 4.74 Å². The van der Waals surface area contributed by atoms with Crippen LogP contribution in [0.4, 0.5) is 0 Å². The van der Waals surface area contributed by atoms with Crippen molar-refractivity contribution in [3.05, 3.63) is 11.9 Å². The molecule has 1 aromatic rings. The number of carbonyl (C=O) groups excluding carboxylic acids is 1. The topological polar surface area (TPSA) is 67.9 Å². The number of ether oxygens (including phenoxy) is 1. The number of carbonyl (C=O) groups is 1. The van der Waals surface area contributed by atoms with E-state index in [1.807, 2.05) is 0 Å². The minimum Gasteiger partial charge on any atom is -0.461 e. The zero-order valence-corrected chi connectivity index (χ0v) is 9.90. The third-order valence-corrected chi connectivity index (χ3v) is 2.62. The zero-order chi connectivity index (χ0) is 11.8. The van der Waals surface area contributed by atoms with Gasteiger partial charge in [-0.05, 0) is 12.3 Å². The Bertz CT molecular complexity index is 298. The van der Waals surface area contributed by atoms with Crippen LogP contribution in [0.5, 0.6) is 0 Å². The number of aromatic amines is 1. The number of H-pyrrole nitrogens is 1. The Morgan fingerprint density at radius 3 is 2.94 bits per heavy atom. The second-order valence-electron chi connectivity index (χ2n) is 3.87. The number of aromatic nitrogens is 3. The van der Waals surface area contributed by atoms with Gasteiger partial charge in [0.25, 0.3) is 0 Å². The van der Waals surface area contributed by atoms with Gasteiger partial charge in [0.1, 0.15) is 0 Å². The van der Waals surface area contributed by atoms with Crippen molar-refractivity contribution in [3.8, 4) is 0 Å². The summed E-state index contributed by atoms with van der Waals surface area (Å²) in [5, 5.41) is 9.62. The van der Waals surface area contributed by atoms with Gasteiger partial charge in [-0.15, -0.1) is 5.10 Å². The van der Waals surface area contributed by atoms with Gasteiger partial charge in [-0.25, -0.2) is 4.79 Å². The molecule has 5 nitrogen and oxygen atoms in total. The molecule has 0 bridgehead atoms. The van der Waals surface area contributed by atoms with Crippen LogP contribution < -0.4 is 0 Å². The van der Waals surface area contributed by atoms with Gasteiger partial charge in [-0.3, -0.25) is 0 Å². The second-order valence-corrected chi connectivity index (χ2v) is 3.87. The number of hydrogen-bond acceptors (Lipinski definition) is 4. The van der Waals surface area contributed by atoms with Crippen molar-refractivity contribution in [3.63, 3.8) is 0 Å². The number of hydrogen-bond donors (Lipinski definition) is 1. The molecule has 1 aromatic heterocycles. The molecule has 5 heteroatoms. The number of rotatable bonds is 7. The highest BCUT2D eigenvalue weighted by atomic mass is 16.5. The molecule has 1 N–H and O–H groups in total. The Morgan fingerprint density at radius 1 is 1.56 bits per heavy atom. The minimum atomic E-state index is -0.399. The average Bonchev–Trinajstić information content (AvgIpc) is 2.82. The predicted molar refractivity (Wildman–Crippen MR) is 60.0 cm³/mol. The van der Waals surface area contributed by atoms with Crippen molar-refractivity contribution in [2.45, 2.75) is 39.5 Å². The van der Waals surface area contributed by atoms with Crippen LogP contribution in [0.1, 0.15) is 50.0 Å². The molecule has 0 unspecified atom stereocenters. The molecule has 0 spiro atoms. The third-order valence-electron chi connectivity index (χ3n) is 2.62. The van der Waals surface area contributed by atoms with Gasteiger partial charge in [0, 0.05) is 0 Å². The summed E-state index contributed by atoms with van der Waals surface area (Å²) in [5.41, 5.74) is 0.241. The zero-order valence-electron chi connectivity index (χ0n) is 9.90. The lowest BCUT2D eigenvalue weighted by molar-refractivity contribution is 0.0421. The maximum atomic E-state index is 11.5. The van der Waals surface area contributed by atoms with Gasteiger partial charge >= 0.3 is 5.97 Å². The van der Waals surface area contributed by atoms with Crippen LogP contribution in [0.25, 0.3) is 0 Å². The van der Waals surface area contributed by atoms with Gasteiger partial charge in [-0.1, -0.05) is 33.1 Å². The first-order valence-electron chi connectivity index (χ1n) is 5.80. The second kappa shape index (κ2) is 6.98. The highest BCUT2D eigenvalue weighted by Gasteiger charge is 2.13. The molecule has 0 saturated carbocycles. The van der Waals surface area contributed by atoms with E-state index in [1.165, 1.54) is 19.0 Å². The van der Waals surface area contributed by atoms with Crippen molar-refractivity contribution in [2.75, 3.05) is 6.61 Å². The Kier molecular flexibility index (Phi) is 5.53. The molecule has 0 radical (unpaired) electrons. The van der Waals surface area contributed by atoms with E-state index in [4.69, 9.17) is 4.74 Å². The van der Waals surface area contributed by atoms with Gasteiger partial charge in [0.2, 0.25) is 0 Å². The number of nitrogens with one attached hydrogen (secondary N) is 1. The van der Waals surface area contributed by atoms with E-state index in [9.17, 15) is 4.79 Å². The van der Waals surface area contributed by atoms with Crippen LogP contribution >= 0.6 is 0 Å². The Hall–Kier alpha value is -1.39. The highest BCUT2D eigenvalue weighted by Crippen LogP contribution is 2.13. The molecule has 0 amide bonds. The first kappa shape index (κ1) is 12.7. The van der Waals surface area contributed by atoms with Crippen molar-refractivity contribution >= 4 is 5.97 Å². The normalized spacial score (nSPS) is 12.4. The van der Waals surface area contributed by atoms with Crippen LogP contribution in [-0.4, -0.2) is 28.0 Å². The molecule has 16 heavy (non-hydrogen) atoms. The fourth-order valence-corrected chi connectivity index (χ4v) is 1.47. The largest absolute Gasteiger partial charge is 0.461 e. The summed E-state index contributed by atoms with van der Waals surface area (Å²) in [6.45, 7) is 4.75. The lowest BCUT2D eigenvalue weighted by Gasteiger charge is -2.13. The third kappa shape index (κ3) is 4.00. The summed E-state index contributed by atoms with van der Waals surface area (Å²) in [4.78, 5) is 11.5. The lowest BCUT2D eigenvalue weighted by Crippen LogP contribution is -2.14. The monoisotopic (exact) mass is 225 g/mol. The summed E-state index contributed by atoms with van der Waals surface area (Å²) < 4.78 is 5.18. The fourth-order valence-electron chi connectivity index (χ4n) is 1.47. The number of esters is 1. The van der Waals surface area contributed by atoms with Crippen LogP contribution in [0.15, 0.2) is 6.20 Å². The highest BCUT2D eigenvalue weighted by molar-refractivity contribution is 5.86. The molecule has 1 atom stereocenters. The van der Waals surface area contributed by atoms with Gasteiger partial charge in [-0.2, -0.15) is 10.3 Å². The summed E-state index contributed by atoms with van der Waals surface area (Å²) >= 11 is 0. The van der Waals surface area contributed by atoms with Crippen LogP contribution in [0.2, 0.25) is 0 Å². The first-order valence-corrected chi connectivity index (χ1v) is 5.80. The summed E-state index contributed by atoms with van der Waals surface area (Å²) in [6, 6.07) is 0. The smallest absolute Gasteiger partial charge is 0.360 e. The van der Waals surface area contributed by atoms with Gasteiger partial charge in [0.15, 0.2) is 5.69 Å².